The van der Waals surface area contributed by atoms with E-state index in [0.717, 1.165) is 4.31 Å². The quantitative estimate of drug-likeness (QED) is 0.865. The number of nitrogens with zero attached hydrogens (tertiary/aromatic N) is 1. The molecule has 0 fully saturated rings. The molecular weight excluding hydrogens is 353 g/mol. The van der Waals surface area contributed by atoms with Crippen LogP contribution in [-0.4, -0.2) is 31.4 Å². The van der Waals surface area contributed by atoms with Crippen molar-refractivity contribution >= 4 is 39.1 Å². The lowest BCUT2D eigenvalue weighted by Crippen LogP contribution is -2.27. The van der Waals surface area contributed by atoms with E-state index >= 15 is 0 Å². The highest BCUT2D eigenvalue weighted by Crippen LogP contribution is 2.48. The first kappa shape index (κ1) is 16.8. The first-order valence-electron chi connectivity index (χ1n) is 6.15. The Bertz CT molecular complexity index is 816. The molecule has 120 valence electrons. The number of hydrogen-bond acceptors (Lipinski definition) is 5. The van der Waals surface area contributed by atoms with E-state index in [4.69, 9.17) is 27.6 Å². The summed E-state index contributed by atoms with van der Waals surface area (Å²) in [6.45, 7) is 1.45. The van der Waals surface area contributed by atoms with Crippen LogP contribution in [0, 0.1) is 0 Å². The van der Waals surface area contributed by atoms with Gasteiger partial charge in [-0.25, -0.2) is 12.7 Å². The second kappa shape index (κ2) is 5.91. The van der Waals surface area contributed by atoms with Crippen LogP contribution in [-0.2, 0) is 10.0 Å². The minimum atomic E-state index is -3.66. The Morgan fingerprint density at radius 1 is 1.23 bits per heavy atom. The predicted octanol–water partition coefficient (Wildman–Crippen LogP) is 3.45. The van der Waals surface area contributed by atoms with E-state index in [-0.39, 0.29) is 28.0 Å². The Morgan fingerprint density at radius 2 is 1.86 bits per heavy atom. The van der Waals surface area contributed by atoms with Gasteiger partial charge in [0.15, 0.2) is 5.76 Å². The molecule has 0 atom stereocenters. The molecule has 1 aromatic carbocycles. The maximum absolute atomic E-state index is 11.9. The predicted molar refractivity (Wildman–Crippen MR) is 85.4 cm³/mol. The number of aromatic hydroxyl groups is 2. The van der Waals surface area contributed by atoms with E-state index in [1.807, 2.05) is 0 Å². The van der Waals surface area contributed by atoms with Gasteiger partial charge in [-0.05, 0) is 25.1 Å². The molecule has 0 unspecified atom stereocenters. The number of furan rings is 1. The fourth-order valence-corrected chi connectivity index (χ4v) is 3.05. The lowest BCUT2D eigenvalue weighted by molar-refractivity contribution is 0.409. The zero-order chi connectivity index (χ0) is 16.7. The van der Waals surface area contributed by atoms with Crippen LogP contribution in [0.4, 0.5) is 5.88 Å². The normalized spacial score (nSPS) is 11.6. The van der Waals surface area contributed by atoms with Crippen molar-refractivity contribution in [3.05, 3.63) is 28.2 Å². The molecule has 0 saturated heterocycles. The van der Waals surface area contributed by atoms with E-state index < -0.39 is 21.5 Å². The topological polar surface area (TPSA) is 91.0 Å². The zero-order valence-corrected chi connectivity index (χ0v) is 14.0. The second-order valence-corrected chi connectivity index (χ2v) is 7.56. The van der Waals surface area contributed by atoms with Gasteiger partial charge < -0.3 is 14.6 Å². The number of hydrogen-bond donors (Lipinski definition) is 2. The molecule has 2 N–H and O–H groups in total. The third-order valence-corrected chi connectivity index (χ3v) is 5.36. The van der Waals surface area contributed by atoms with E-state index in [2.05, 4.69) is 0 Å². The Kier molecular flexibility index (Phi) is 4.51. The van der Waals surface area contributed by atoms with Crippen LogP contribution >= 0.6 is 23.2 Å². The summed E-state index contributed by atoms with van der Waals surface area (Å²) in [6, 6.07) is 4.44. The van der Waals surface area contributed by atoms with Crippen LogP contribution in [0.15, 0.2) is 22.6 Å². The lowest BCUT2D eigenvalue weighted by Gasteiger charge is -2.14. The van der Waals surface area contributed by atoms with E-state index in [1.54, 1.807) is 0 Å². The van der Waals surface area contributed by atoms with Gasteiger partial charge in [-0.1, -0.05) is 23.2 Å². The fraction of sp³-hybridized carbons (Fsp3) is 0.231. The molecule has 6 nitrogen and oxygen atoms in total. The van der Waals surface area contributed by atoms with Gasteiger partial charge >= 0.3 is 0 Å². The maximum Gasteiger partial charge on any atom is 0.256 e. The van der Waals surface area contributed by atoms with Crippen LogP contribution < -0.4 is 4.31 Å². The molecule has 0 bridgehead atoms. The summed E-state index contributed by atoms with van der Waals surface area (Å²) in [6.07, 6.45) is 0. The molecule has 0 spiro atoms. The van der Waals surface area contributed by atoms with Crippen LogP contribution in [0.3, 0.4) is 0 Å². The van der Waals surface area contributed by atoms with Gasteiger partial charge in [0, 0.05) is 17.6 Å². The van der Waals surface area contributed by atoms with Gasteiger partial charge in [0.05, 0.1) is 10.8 Å². The monoisotopic (exact) mass is 365 g/mol. The summed E-state index contributed by atoms with van der Waals surface area (Å²) in [5.41, 5.74) is 0.271. The van der Waals surface area contributed by atoms with Crippen molar-refractivity contribution in [2.24, 2.45) is 0 Å². The summed E-state index contributed by atoms with van der Waals surface area (Å²) in [5.74, 6) is -2.01. The van der Waals surface area contributed by atoms with Crippen molar-refractivity contribution in [3.8, 4) is 22.8 Å². The Balaban J connectivity index is 2.60. The zero-order valence-electron chi connectivity index (χ0n) is 11.7. The molecule has 0 aliphatic carbocycles. The van der Waals surface area contributed by atoms with E-state index in [0.29, 0.717) is 5.02 Å². The van der Waals surface area contributed by atoms with Crippen LogP contribution in [0.25, 0.3) is 11.3 Å². The minimum Gasteiger partial charge on any atom is -0.502 e. The average Bonchev–Trinajstić information content (AvgIpc) is 2.75. The van der Waals surface area contributed by atoms with Gasteiger partial charge in [-0.3, -0.25) is 0 Å². The van der Waals surface area contributed by atoms with Gasteiger partial charge in [0.25, 0.3) is 5.88 Å². The highest BCUT2D eigenvalue weighted by Gasteiger charge is 2.29. The standard InChI is InChI=1S/C13H13Cl2NO5S/c1-3-22(19,20)16(2)13-11(18)10(17)12(21-13)8-5-4-7(14)6-9(8)15/h4-6,17-18H,3H2,1-2H3. The highest BCUT2D eigenvalue weighted by molar-refractivity contribution is 7.92. The van der Waals surface area contributed by atoms with Gasteiger partial charge in [0.1, 0.15) is 0 Å². The number of rotatable bonds is 4. The molecule has 0 amide bonds. The van der Waals surface area contributed by atoms with Crippen molar-refractivity contribution in [2.75, 3.05) is 17.1 Å². The largest absolute Gasteiger partial charge is 0.502 e. The molecule has 0 saturated carbocycles. The number of sulfonamides is 1. The van der Waals surface area contributed by atoms with Crippen LogP contribution in [0.2, 0.25) is 10.0 Å². The van der Waals surface area contributed by atoms with Gasteiger partial charge in [-0.2, -0.15) is 0 Å². The summed E-state index contributed by atoms with van der Waals surface area (Å²) < 4.78 is 29.8. The molecular formula is C13H13Cl2NO5S. The fourth-order valence-electron chi connectivity index (χ4n) is 1.79. The summed E-state index contributed by atoms with van der Waals surface area (Å²) in [7, 11) is -2.45. The van der Waals surface area contributed by atoms with Gasteiger partial charge in [0.2, 0.25) is 21.5 Å². The molecule has 2 aromatic rings. The molecule has 2 rings (SSSR count). The lowest BCUT2D eigenvalue weighted by atomic mass is 10.1. The molecule has 1 heterocycles. The smallest absolute Gasteiger partial charge is 0.256 e. The van der Waals surface area contributed by atoms with Crippen LogP contribution in [0.5, 0.6) is 11.5 Å². The molecule has 0 aliphatic heterocycles. The van der Waals surface area contributed by atoms with E-state index in [9.17, 15) is 18.6 Å². The van der Waals surface area contributed by atoms with Gasteiger partial charge in [-0.15, -0.1) is 0 Å². The van der Waals surface area contributed by atoms with Crippen molar-refractivity contribution in [1.29, 1.82) is 0 Å². The number of anilines is 1. The van der Waals surface area contributed by atoms with E-state index in [1.165, 1.54) is 32.2 Å². The SMILES string of the molecule is CCS(=O)(=O)N(C)c1oc(-c2ccc(Cl)cc2Cl)c(O)c1O. The Labute approximate surface area is 137 Å². The van der Waals surface area contributed by atoms with Crippen molar-refractivity contribution in [3.63, 3.8) is 0 Å². The third-order valence-electron chi connectivity index (χ3n) is 3.08. The first-order chi connectivity index (χ1) is 10.2. The maximum atomic E-state index is 11.9. The summed E-state index contributed by atoms with van der Waals surface area (Å²) in [5, 5.41) is 20.5. The number of benzene rings is 1. The molecule has 9 heteroatoms. The first-order valence-corrected chi connectivity index (χ1v) is 8.52. The number of halogens is 2. The summed E-state index contributed by atoms with van der Waals surface area (Å²) in [4.78, 5) is 0. The minimum absolute atomic E-state index is 0.146. The molecule has 0 aliphatic rings. The van der Waals surface area contributed by atoms with Crippen molar-refractivity contribution < 1.29 is 23.0 Å². The second-order valence-electron chi connectivity index (χ2n) is 4.43. The molecule has 1 aromatic heterocycles. The molecule has 0 radical (unpaired) electrons. The van der Waals surface area contributed by atoms with Crippen LogP contribution in [0.1, 0.15) is 6.92 Å². The Morgan fingerprint density at radius 3 is 2.41 bits per heavy atom. The Hall–Kier alpha value is -1.57. The third kappa shape index (κ3) is 2.84. The molecule has 22 heavy (non-hydrogen) atoms. The summed E-state index contributed by atoms with van der Waals surface area (Å²) >= 11 is 11.8. The van der Waals surface area contributed by atoms with Crippen molar-refractivity contribution in [1.82, 2.24) is 0 Å². The van der Waals surface area contributed by atoms with Crippen molar-refractivity contribution in [2.45, 2.75) is 6.92 Å². The average molecular weight is 366 g/mol. The highest BCUT2D eigenvalue weighted by atomic mass is 35.5.